The first kappa shape index (κ1) is 10.3. The van der Waals surface area contributed by atoms with E-state index in [1.165, 1.54) is 0 Å². The summed E-state index contributed by atoms with van der Waals surface area (Å²) in [6.45, 7) is 3.89. The van der Waals surface area contributed by atoms with Crippen molar-refractivity contribution < 1.29 is 14.9 Å². The maximum absolute atomic E-state index is 10.9. The average molecular weight is 220 g/mol. The molecule has 3 nitrogen and oxygen atoms in total. The fraction of sp³-hybridized carbons (Fsp3) is 0.538. The van der Waals surface area contributed by atoms with Crippen LogP contribution >= 0.6 is 0 Å². The maximum Gasteiger partial charge on any atom is 0.196 e. The average Bonchev–Trinajstić information content (AvgIpc) is 2.57. The minimum Gasteiger partial charge on any atom is -0.379 e. The first-order chi connectivity index (χ1) is 7.41. The van der Waals surface area contributed by atoms with Crippen molar-refractivity contribution in [3.63, 3.8) is 0 Å². The lowest BCUT2D eigenvalue weighted by atomic mass is 9.72. The Kier molecular flexibility index (Phi) is 1.71. The fourth-order valence-corrected chi connectivity index (χ4v) is 3.27. The van der Waals surface area contributed by atoms with Gasteiger partial charge >= 0.3 is 0 Å². The molecule has 86 valence electrons. The Balaban J connectivity index is 2.27. The van der Waals surface area contributed by atoms with Crippen molar-refractivity contribution in [1.29, 1.82) is 0 Å². The summed E-state index contributed by atoms with van der Waals surface area (Å²) in [6.07, 6.45) is 0.746. The summed E-state index contributed by atoms with van der Waals surface area (Å²) in [6, 6.07) is 7.73. The van der Waals surface area contributed by atoms with E-state index in [9.17, 15) is 10.2 Å². The van der Waals surface area contributed by atoms with Gasteiger partial charge in [0.25, 0.3) is 0 Å². The van der Waals surface area contributed by atoms with Gasteiger partial charge in [-0.05, 0) is 24.5 Å². The van der Waals surface area contributed by atoms with Crippen molar-refractivity contribution in [2.24, 2.45) is 5.41 Å². The zero-order chi connectivity index (χ0) is 11.6. The predicted molar refractivity (Wildman–Crippen MR) is 58.7 cm³/mol. The van der Waals surface area contributed by atoms with Gasteiger partial charge in [-0.15, -0.1) is 0 Å². The third-order valence-corrected chi connectivity index (χ3v) is 4.20. The van der Waals surface area contributed by atoms with Crippen LogP contribution in [0.25, 0.3) is 0 Å². The van der Waals surface area contributed by atoms with Gasteiger partial charge in [0.15, 0.2) is 11.4 Å². The molecule has 2 aliphatic rings. The standard InChI is InChI=1S/C13H16O3/c1-11-7-9-5-3-4-6-10(9)13(11,15)12(2,14)16-8-11/h3-6,14-15H,7-8H2,1-2H3. The Labute approximate surface area is 94.7 Å². The molecule has 0 aromatic heterocycles. The van der Waals surface area contributed by atoms with Crippen LogP contribution in [0.1, 0.15) is 25.0 Å². The number of aliphatic hydroxyl groups is 2. The van der Waals surface area contributed by atoms with Crippen LogP contribution in [0.15, 0.2) is 24.3 Å². The van der Waals surface area contributed by atoms with Gasteiger partial charge in [0.05, 0.1) is 6.61 Å². The van der Waals surface area contributed by atoms with E-state index in [4.69, 9.17) is 4.74 Å². The molecule has 1 fully saturated rings. The van der Waals surface area contributed by atoms with Gasteiger partial charge in [-0.25, -0.2) is 0 Å². The van der Waals surface area contributed by atoms with Crippen molar-refractivity contribution in [2.75, 3.05) is 6.61 Å². The lowest BCUT2D eigenvalue weighted by molar-refractivity contribution is -0.255. The fourth-order valence-electron chi connectivity index (χ4n) is 3.27. The number of ether oxygens (including phenoxy) is 1. The summed E-state index contributed by atoms with van der Waals surface area (Å²) in [7, 11) is 0. The molecule has 3 atom stereocenters. The molecule has 16 heavy (non-hydrogen) atoms. The Hall–Kier alpha value is -0.900. The second kappa shape index (κ2) is 2.67. The topological polar surface area (TPSA) is 49.7 Å². The third kappa shape index (κ3) is 0.902. The Morgan fingerprint density at radius 2 is 1.88 bits per heavy atom. The normalized spacial score (nSPS) is 45.5. The molecule has 3 heteroatoms. The number of hydrogen-bond donors (Lipinski definition) is 2. The molecule has 1 aliphatic carbocycles. The van der Waals surface area contributed by atoms with E-state index in [0.29, 0.717) is 6.61 Å². The summed E-state index contributed by atoms with van der Waals surface area (Å²) in [5.74, 6) is -1.51. The van der Waals surface area contributed by atoms with E-state index in [2.05, 4.69) is 0 Å². The maximum atomic E-state index is 10.9. The van der Waals surface area contributed by atoms with E-state index >= 15 is 0 Å². The van der Waals surface area contributed by atoms with Gasteiger partial charge in [-0.2, -0.15) is 0 Å². The van der Waals surface area contributed by atoms with Crippen LogP contribution in [0.2, 0.25) is 0 Å². The van der Waals surface area contributed by atoms with Gasteiger partial charge < -0.3 is 14.9 Å². The molecule has 0 spiro atoms. The van der Waals surface area contributed by atoms with Crippen molar-refractivity contribution >= 4 is 0 Å². The summed E-state index contributed by atoms with van der Waals surface area (Å²) >= 11 is 0. The first-order valence-corrected chi connectivity index (χ1v) is 5.58. The van der Waals surface area contributed by atoms with Gasteiger partial charge in [-0.1, -0.05) is 31.2 Å². The second-order valence-corrected chi connectivity index (χ2v) is 5.38. The van der Waals surface area contributed by atoms with Crippen LogP contribution in [0, 0.1) is 5.41 Å². The molecule has 2 N–H and O–H groups in total. The summed E-state index contributed by atoms with van der Waals surface area (Å²) in [5, 5.41) is 21.2. The van der Waals surface area contributed by atoms with Crippen LogP contribution < -0.4 is 0 Å². The Morgan fingerprint density at radius 1 is 1.19 bits per heavy atom. The zero-order valence-corrected chi connectivity index (χ0v) is 9.53. The van der Waals surface area contributed by atoms with Gasteiger partial charge in [0.1, 0.15) is 0 Å². The molecule has 0 saturated carbocycles. The van der Waals surface area contributed by atoms with Crippen molar-refractivity contribution in [3.8, 4) is 0 Å². The second-order valence-electron chi connectivity index (χ2n) is 5.38. The molecule has 0 radical (unpaired) electrons. The minimum atomic E-state index is -1.51. The predicted octanol–water partition coefficient (Wildman–Crippen LogP) is 1.18. The number of hydrogen-bond acceptors (Lipinski definition) is 3. The molecule has 0 bridgehead atoms. The van der Waals surface area contributed by atoms with Gasteiger partial charge in [0, 0.05) is 5.41 Å². The van der Waals surface area contributed by atoms with Gasteiger partial charge in [0.2, 0.25) is 0 Å². The lowest BCUT2D eigenvalue weighted by Gasteiger charge is -2.38. The first-order valence-electron chi connectivity index (χ1n) is 5.58. The minimum absolute atomic E-state index is 0.380. The highest BCUT2D eigenvalue weighted by Crippen LogP contribution is 2.60. The smallest absolute Gasteiger partial charge is 0.196 e. The monoisotopic (exact) mass is 220 g/mol. The molecular weight excluding hydrogens is 204 g/mol. The molecule has 1 heterocycles. The van der Waals surface area contributed by atoms with E-state index in [0.717, 1.165) is 17.5 Å². The lowest BCUT2D eigenvalue weighted by Crippen LogP contribution is -2.51. The molecule has 1 aliphatic heterocycles. The van der Waals surface area contributed by atoms with Crippen LogP contribution in [0.5, 0.6) is 0 Å². The van der Waals surface area contributed by atoms with Crippen LogP contribution in [-0.2, 0) is 16.8 Å². The molecule has 0 amide bonds. The van der Waals surface area contributed by atoms with Crippen molar-refractivity contribution in [2.45, 2.75) is 31.7 Å². The number of fused-ring (bicyclic) bond motifs is 3. The number of benzene rings is 1. The number of rotatable bonds is 0. The molecule has 1 aromatic rings. The van der Waals surface area contributed by atoms with Crippen LogP contribution in [0.4, 0.5) is 0 Å². The van der Waals surface area contributed by atoms with Crippen molar-refractivity contribution in [3.05, 3.63) is 35.4 Å². The highest BCUT2D eigenvalue weighted by Gasteiger charge is 2.68. The van der Waals surface area contributed by atoms with E-state index in [-0.39, 0.29) is 0 Å². The molecule has 1 saturated heterocycles. The SMILES string of the molecule is CC12COC(C)(O)C1(O)c1ccccc1C2. The molecule has 3 unspecified atom stereocenters. The Bertz CT molecular complexity index is 454. The van der Waals surface area contributed by atoms with E-state index < -0.39 is 16.8 Å². The van der Waals surface area contributed by atoms with E-state index in [1.807, 2.05) is 31.2 Å². The third-order valence-electron chi connectivity index (χ3n) is 4.20. The zero-order valence-electron chi connectivity index (χ0n) is 9.53. The van der Waals surface area contributed by atoms with Crippen molar-refractivity contribution in [1.82, 2.24) is 0 Å². The van der Waals surface area contributed by atoms with Crippen LogP contribution in [0.3, 0.4) is 0 Å². The quantitative estimate of drug-likeness (QED) is 0.690. The summed E-state index contributed by atoms with van der Waals surface area (Å²) in [5.41, 5.74) is 0.188. The molecule has 3 rings (SSSR count). The highest BCUT2D eigenvalue weighted by molar-refractivity contribution is 5.44. The van der Waals surface area contributed by atoms with E-state index in [1.54, 1.807) is 6.92 Å². The Morgan fingerprint density at radius 3 is 2.62 bits per heavy atom. The molecular formula is C13H16O3. The summed E-state index contributed by atoms with van der Waals surface area (Å²) < 4.78 is 5.38. The largest absolute Gasteiger partial charge is 0.379 e. The highest BCUT2D eigenvalue weighted by atomic mass is 16.6. The van der Waals surface area contributed by atoms with Crippen LogP contribution in [-0.4, -0.2) is 22.6 Å². The van der Waals surface area contributed by atoms with Gasteiger partial charge in [-0.3, -0.25) is 0 Å². The molecule has 1 aromatic carbocycles. The summed E-state index contributed by atoms with van der Waals surface area (Å²) in [4.78, 5) is 0.